The van der Waals surface area contributed by atoms with Crippen molar-refractivity contribution in [2.75, 3.05) is 13.2 Å². The van der Waals surface area contributed by atoms with Crippen molar-refractivity contribution in [3.63, 3.8) is 0 Å². The van der Waals surface area contributed by atoms with Gasteiger partial charge in [0.25, 0.3) is 5.91 Å². The summed E-state index contributed by atoms with van der Waals surface area (Å²) < 4.78 is 1.96. The van der Waals surface area contributed by atoms with Gasteiger partial charge in [0.2, 0.25) is 0 Å². The molecule has 1 aromatic carbocycles. The minimum atomic E-state index is -0.231. The number of carbonyl (C=O) groups is 1. The lowest BCUT2D eigenvalue weighted by molar-refractivity contribution is 0.0851. The van der Waals surface area contributed by atoms with Crippen LogP contribution in [0.5, 0.6) is 0 Å². The third kappa shape index (κ3) is 4.69. The third-order valence-electron chi connectivity index (χ3n) is 5.11. The quantitative estimate of drug-likeness (QED) is 0.774. The molecule has 1 aromatic heterocycles. The molecule has 0 radical (unpaired) electrons. The lowest BCUT2D eigenvalue weighted by Crippen LogP contribution is -2.39. The Bertz CT molecular complexity index is 692. The molecule has 0 saturated carbocycles. The highest BCUT2D eigenvalue weighted by Gasteiger charge is 2.25. The number of aromatic nitrogens is 2. The average Bonchev–Trinajstić information content (AvgIpc) is 2.94. The molecule has 136 valence electrons. The number of amides is 1. The number of hydrogen-bond donors (Lipinski definition) is 2. The molecule has 0 saturated heterocycles. The number of aliphatic hydroxyl groups is 1. The van der Waals surface area contributed by atoms with E-state index in [1.54, 1.807) is 0 Å². The van der Waals surface area contributed by atoms with Gasteiger partial charge in [-0.2, -0.15) is 5.10 Å². The fraction of sp³-hybridized carbons (Fsp3) is 0.500. The molecule has 0 fully saturated rings. The van der Waals surface area contributed by atoms with Gasteiger partial charge in [-0.3, -0.25) is 9.48 Å². The van der Waals surface area contributed by atoms with Gasteiger partial charge >= 0.3 is 0 Å². The van der Waals surface area contributed by atoms with Crippen molar-refractivity contribution >= 4 is 5.91 Å². The molecule has 5 heteroatoms. The summed E-state index contributed by atoms with van der Waals surface area (Å²) in [7, 11) is 0. The largest absolute Gasteiger partial charge is 0.396 e. The van der Waals surface area contributed by atoms with Crippen molar-refractivity contribution in [2.24, 2.45) is 5.41 Å². The van der Waals surface area contributed by atoms with Crippen LogP contribution in [-0.4, -0.2) is 33.9 Å². The van der Waals surface area contributed by atoms with Crippen LogP contribution in [0, 0.1) is 19.3 Å². The van der Waals surface area contributed by atoms with E-state index < -0.39 is 0 Å². The van der Waals surface area contributed by atoms with Crippen molar-refractivity contribution in [1.82, 2.24) is 15.1 Å². The van der Waals surface area contributed by atoms with Gasteiger partial charge in [0.15, 0.2) is 0 Å². The first-order valence-electron chi connectivity index (χ1n) is 8.92. The minimum Gasteiger partial charge on any atom is -0.396 e. The summed E-state index contributed by atoms with van der Waals surface area (Å²) in [6.45, 7) is 9.37. The predicted molar refractivity (Wildman–Crippen MR) is 99.7 cm³/mol. The standard InChI is InChI=1S/C20H29N3O2/c1-5-20(6-2,14-24)13-21-19(25)18-9-7-17(8-10-18)12-23-16(4)11-15(3)22-23/h7-11,24H,5-6,12-14H2,1-4H3,(H,21,25). The first-order valence-corrected chi connectivity index (χ1v) is 8.92. The second-order valence-corrected chi connectivity index (χ2v) is 6.83. The molecule has 0 aliphatic rings. The summed E-state index contributed by atoms with van der Waals surface area (Å²) in [5, 5.41) is 17.0. The van der Waals surface area contributed by atoms with E-state index in [4.69, 9.17) is 0 Å². The van der Waals surface area contributed by atoms with Gasteiger partial charge in [0.05, 0.1) is 18.8 Å². The molecule has 1 amide bonds. The van der Waals surface area contributed by atoms with Crippen molar-refractivity contribution in [1.29, 1.82) is 0 Å². The van der Waals surface area contributed by atoms with E-state index in [0.29, 0.717) is 18.7 Å². The van der Waals surface area contributed by atoms with Crippen LogP contribution < -0.4 is 5.32 Å². The van der Waals surface area contributed by atoms with E-state index in [2.05, 4.69) is 16.5 Å². The molecule has 0 unspecified atom stereocenters. The van der Waals surface area contributed by atoms with Crippen LogP contribution in [0.15, 0.2) is 30.3 Å². The van der Waals surface area contributed by atoms with Crippen LogP contribution in [0.4, 0.5) is 0 Å². The maximum Gasteiger partial charge on any atom is 0.251 e. The summed E-state index contributed by atoms with van der Waals surface area (Å²) in [6.07, 6.45) is 1.67. The van der Waals surface area contributed by atoms with Crippen molar-refractivity contribution < 1.29 is 9.90 Å². The van der Waals surface area contributed by atoms with Crippen LogP contribution in [0.2, 0.25) is 0 Å². The highest BCUT2D eigenvalue weighted by atomic mass is 16.3. The summed E-state index contributed by atoms with van der Waals surface area (Å²) in [5.41, 5.74) is 3.64. The zero-order valence-corrected chi connectivity index (χ0v) is 15.7. The highest BCUT2D eigenvalue weighted by Crippen LogP contribution is 2.24. The normalized spacial score (nSPS) is 11.6. The molecule has 5 nitrogen and oxygen atoms in total. The van der Waals surface area contributed by atoms with Crippen LogP contribution in [-0.2, 0) is 6.54 Å². The monoisotopic (exact) mass is 343 g/mol. The molecule has 0 spiro atoms. The first-order chi connectivity index (χ1) is 11.9. The molecule has 25 heavy (non-hydrogen) atoms. The molecule has 2 N–H and O–H groups in total. The van der Waals surface area contributed by atoms with E-state index >= 15 is 0 Å². The van der Waals surface area contributed by atoms with E-state index in [0.717, 1.165) is 29.8 Å². The van der Waals surface area contributed by atoms with Gasteiger partial charge in [-0.25, -0.2) is 0 Å². The number of aryl methyl sites for hydroxylation is 2. The van der Waals surface area contributed by atoms with Gasteiger partial charge in [0.1, 0.15) is 0 Å². The molecule has 2 rings (SSSR count). The van der Waals surface area contributed by atoms with Gasteiger partial charge in [-0.1, -0.05) is 26.0 Å². The van der Waals surface area contributed by atoms with E-state index in [-0.39, 0.29) is 17.9 Å². The molecule has 2 aromatic rings. The molecular weight excluding hydrogens is 314 g/mol. The number of carbonyl (C=O) groups excluding carboxylic acids is 1. The summed E-state index contributed by atoms with van der Waals surface area (Å²) in [4.78, 5) is 12.4. The second kappa shape index (κ2) is 8.30. The lowest BCUT2D eigenvalue weighted by Gasteiger charge is -2.29. The molecule has 0 bridgehead atoms. The Morgan fingerprint density at radius 1 is 1.20 bits per heavy atom. The topological polar surface area (TPSA) is 67.2 Å². The Hall–Kier alpha value is -2.14. The Kier molecular flexibility index (Phi) is 6.37. The smallest absolute Gasteiger partial charge is 0.251 e. The molecule has 1 heterocycles. The fourth-order valence-corrected chi connectivity index (χ4v) is 2.92. The molecular formula is C20H29N3O2. The number of rotatable bonds is 8. The van der Waals surface area contributed by atoms with E-state index in [1.165, 1.54) is 0 Å². The number of nitrogens with zero attached hydrogens (tertiary/aromatic N) is 2. The zero-order valence-electron chi connectivity index (χ0n) is 15.7. The summed E-state index contributed by atoms with van der Waals surface area (Å²) in [5.74, 6) is -0.0996. The molecule has 0 atom stereocenters. The summed E-state index contributed by atoms with van der Waals surface area (Å²) >= 11 is 0. The summed E-state index contributed by atoms with van der Waals surface area (Å²) in [6, 6.07) is 9.66. The number of nitrogens with one attached hydrogen (secondary N) is 1. The van der Waals surface area contributed by atoms with Crippen molar-refractivity contribution in [3.05, 3.63) is 52.8 Å². The maximum atomic E-state index is 12.4. The van der Waals surface area contributed by atoms with Gasteiger partial charge in [0, 0.05) is 23.2 Å². The second-order valence-electron chi connectivity index (χ2n) is 6.83. The van der Waals surface area contributed by atoms with Crippen LogP contribution in [0.1, 0.15) is 54.0 Å². The van der Waals surface area contributed by atoms with Gasteiger partial charge in [-0.05, 0) is 50.5 Å². The highest BCUT2D eigenvalue weighted by molar-refractivity contribution is 5.94. The Balaban J connectivity index is 1.99. The van der Waals surface area contributed by atoms with E-state index in [1.807, 2.05) is 56.6 Å². The lowest BCUT2D eigenvalue weighted by atomic mass is 9.83. The first kappa shape index (κ1) is 19.2. The SMILES string of the molecule is CCC(CC)(CO)CNC(=O)c1ccc(Cn2nc(C)cc2C)cc1. The van der Waals surface area contributed by atoms with Crippen molar-refractivity contribution in [3.8, 4) is 0 Å². The number of benzene rings is 1. The fourth-order valence-electron chi connectivity index (χ4n) is 2.92. The zero-order chi connectivity index (χ0) is 18.4. The average molecular weight is 343 g/mol. The Morgan fingerprint density at radius 3 is 2.32 bits per heavy atom. The van der Waals surface area contributed by atoms with Crippen LogP contribution in [0.3, 0.4) is 0 Å². The number of aliphatic hydroxyl groups excluding tert-OH is 1. The third-order valence-corrected chi connectivity index (χ3v) is 5.11. The minimum absolute atomic E-state index is 0.0852. The molecule has 0 aliphatic carbocycles. The van der Waals surface area contributed by atoms with Gasteiger partial charge < -0.3 is 10.4 Å². The Labute approximate surface area is 150 Å². The van der Waals surface area contributed by atoms with Crippen molar-refractivity contribution in [2.45, 2.75) is 47.1 Å². The van der Waals surface area contributed by atoms with E-state index in [9.17, 15) is 9.90 Å². The predicted octanol–water partition coefficient (Wildman–Crippen LogP) is 3.08. The Morgan fingerprint density at radius 2 is 1.84 bits per heavy atom. The molecule has 0 aliphatic heterocycles. The van der Waals surface area contributed by atoms with Gasteiger partial charge in [-0.15, -0.1) is 0 Å². The van der Waals surface area contributed by atoms with Crippen LogP contribution >= 0.6 is 0 Å². The van der Waals surface area contributed by atoms with Crippen LogP contribution in [0.25, 0.3) is 0 Å². The maximum absolute atomic E-state index is 12.4. The number of hydrogen-bond acceptors (Lipinski definition) is 3.